The van der Waals surface area contributed by atoms with Gasteiger partial charge in [0.2, 0.25) is 10.0 Å². The molecule has 5 nitrogen and oxygen atoms in total. The van der Waals surface area contributed by atoms with Crippen LogP contribution in [0.1, 0.15) is 21.1 Å². The Morgan fingerprint density at radius 2 is 1.90 bits per heavy atom. The Balaban J connectivity index is 1.82. The van der Waals surface area contributed by atoms with Crippen LogP contribution in [0.15, 0.2) is 29.2 Å². The van der Waals surface area contributed by atoms with E-state index < -0.39 is 10.0 Å². The molecule has 7 heteroatoms. The number of thiazole rings is 1. The van der Waals surface area contributed by atoms with Crippen LogP contribution in [0.3, 0.4) is 0 Å². The SMILES string of the molecule is Cc1nc(C)c(CNCCc2ccc(S(N)(=O)=O)cc2)s1. The average molecular weight is 325 g/mol. The van der Waals surface area contributed by atoms with Gasteiger partial charge in [-0.25, -0.2) is 18.5 Å². The average Bonchev–Trinajstić information content (AvgIpc) is 2.73. The lowest BCUT2D eigenvalue weighted by Gasteiger charge is -2.05. The molecule has 2 aromatic rings. The van der Waals surface area contributed by atoms with Crippen molar-refractivity contribution >= 4 is 21.4 Å². The van der Waals surface area contributed by atoms with Gasteiger partial charge in [0.15, 0.2) is 0 Å². The maximum atomic E-state index is 11.2. The number of sulfonamides is 1. The number of hydrogen-bond donors (Lipinski definition) is 2. The van der Waals surface area contributed by atoms with Gasteiger partial charge in [-0.15, -0.1) is 11.3 Å². The molecule has 21 heavy (non-hydrogen) atoms. The number of nitrogens with two attached hydrogens (primary N) is 1. The lowest BCUT2D eigenvalue weighted by Crippen LogP contribution is -2.16. The number of primary sulfonamides is 1. The molecule has 0 aliphatic heterocycles. The number of nitrogens with one attached hydrogen (secondary N) is 1. The molecule has 0 aliphatic rings. The zero-order valence-corrected chi connectivity index (χ0v) is 13.7. The number of aromatic nitrogens is 1. The summed E-state index contributed by atoms with van der Waals surface area (Å²) in [6.45, 7) is 5.67. The lowest BCUT2D eigenvalue weighted by molar-refractivity contribution is 0.597. The molecule has 1 heterocycles. The largest absolute Gasteiger partial charge is 0.311 e. The molecule has 0 saturated heterocycles. The van der Waals surface area contributed by atoms with E-state index >= 15 is 0 Å². The summed E-state index contributed by atoms with van der Waals surface area (Å²) in [7, 11) is -3.60. The molecular formula is C14H19N3O2S2. The molecule has 0 atom stereocenters. The number of benzene rings is 1. The van der Waals surface area contributed by atoms with Crippen molar-refractivity contribution in [2.75, 3.05) is 6.54 Å². The van der Waals surface area contributed by atoms with Gasteiger partial charge in [0.25, 0.3) is 0 Å². The quantitative estimate of drug-likeness (QED) is 0.792. The number of nitrogens with zero attached hydrogens (tertiary/aromatic N) is 1. The Hall–Kier alpha value is -1.28. The Kier molecular flexibility index (Phi) is 5.10. The normalized spacial score (nSPS) is 11.8. The summed E-state index contributed by atoms with van der Waals surface area (Å²) >= 11 is 1.71. The summed E-state index contributed by atoms with van der Waals surface area (Å²) in [6.07, 6.45) is 0.835. The number of rotatable bonds is 6. The van der Waals surface area contributed by atoms with Crippen molar-refractivity contribution < 1.29 is 8.42 Å². The molecular weight excluding hydrogens is 306 g/mol. The van der Waals surface area contributed by atoms with Crippen LogP contribution >= 0.6 is 11.3 Å². The predicted molar refractivity (Wildman–Crippen MR) is 84.8 cm³/mol. The van der Waals surface area contributed by atoms with Crippen LogP contribution in [0.25, 0.3) is 0 Å². The van der Waals surface area contributed by atoms with Crippen molar-refractivity contribution in [3.05, 3.63) is 45.4 Å². The van der Waals surface area contributed by atoms with Gasteiger partial charge in [-0.3, -0.25) is 0 Å². The molecule has 1 aromatic heterocycles. The van der Waals surface area contributed by atoms with Gasteiger partial charge >= 0.3 is 0 Å². The summed E-state index contributed by atoms with van der Waals surface area (Å²) < 4.78 is 22.3. The van der Waals surface area contributed by atoms with Crippen LogP contribution in [0.5, 0.6) is 0 Å². The fraction of sp³-hybridized carbons (Fsp3) is 0.357. The van der Waals surface area contributed by atoms with Crippen LogP contribution in [0, 0.1) is 13.8 Å². The number of hydrogen-bond acceptors (Lipinski definition) is 5. The second-order valence-electron chi connectivity index (χ2n) is 4.86. The maximum absolute atomic E-state index is 11.2. The van der Waals surface area contributed by atoms with Crippen LogP contribution in [0.4, 0.5) is 0 Å². The van der Waals surface area contributed by atoms with Crippen molar-refractivity contribution in [2.45, 2.75) is 31.7 Å². The van der Waals surface area contributed by atoms with Crippen molar-refractivity contribution in [1.82, 2.24) is 10.3 Å². The van der Waals surface area contributed by atoms with Crippen molar-refractivity contribution in [2.24, 2.45) is 5.14 Å². The standard InChI is InChI=1S/C14H19N3O2S2/c1-10-14(20-11(2)17-10)9-16-8-7-12-3-5-13(6-4-12)21(15,18)19/h3-6,16H,7-9H2,1-2H3,(H2,15,18,19). The third-order valence-corrected chi connectivity index (χ3v) is 5.13. The third kappa shape index (κ3) is 4.60. The summed E-state index contributed by atoms with van der Waals surface area (Å²) in [5, 5.41) is 9.53. The summed E-state index contributed by atoms with van der Waals surface area (Å²) in [5.74, 6) is 0. The summed E-state index contributed by atoms with van der Waals surface area (Å²) in [4.78, 5) is 5.80. The molecule has 0 amide bonds. The molecule has 0 aliphatic carbocycles. The third-order valence-electron chi connectivity index (χ3n) is 3.13. The second-order valence-corrected chi connectivity index (χ2v) is 7.71. The topological polar surface area (TPSA) is 85.1 Å². The van der Waals surface area contributed by atoms with E-state index in [0.717, 1.165) is 35.8 Å². The predicted octanol–water partition coefficient (Wildman–Crippen LogP) is 1.74. The van der Waals surface area contributed by atoms with E-state index in [0.29, 0.717) is 0 Å². The van der Waals surface area contributed by atoms with Gasteiger partial charge in [0.1, 0.15) is 0 Å². The molecule has 0 bridgehead atoms. The van der Waals surface area contributed by atoms with Gasteiger partial charge in [-0.1, -0.05) is 12.1 Å². The molecule has 0 unspecified atom stereocenters. The lowest BCUT2D eigenvalue weighted by atomic mass is 10.1. The highest BCUT2D eigenvalue weighted by atomic mass is 32.2. The summed E-state index contributed by atoms with van der Waals surface area (Å²) in [6, 6.07) is 6.68. The maximum Gasteiger partial charge on any atom is 0.238 e. The molecule has 0 radical (unpaired) electrons. The molecule has 1 aromatic carbocycles. The van der Waals surface area contributed by atoms with E-state index in [1.165, 1.54) is 4.88 Å². The van der Waals surface area contributed by atoms with E-state index in [1.807, 2.05) is 13.8 Å². The van der Waals surface area contributed by atoms with E-state index in [4.69, 9.17) is 5.14 Å². The van der Waals surface area contributed by atoms with Gasteiger partial charge < -0.3 is 5.32 Å². The Labute approximate surface area is 129 Å². The Bertz CT molecular complexity index is 706. The minimum absolute atomic E-state index is 0.148. The second kappa shape index (κ2) is 6.65. The fourth-order valence-electron chi connectivity index (χ4n) is 2.02. The van der Waals surface area contributed by atoms with Crippen LogP contribution < -0.4 is 10.5 Å². The first-order valence-corrected chi connectivity index (χ1v) is 8.98. The van der Waals surface area contributed by atoms with Gasteiger partial charge in [0, 0.05) is 11.4 Å². The zero-order valence-electron chi connectivity index (χ0n) is 12.1. The minimum Gasteiger partial charge on any atom is -0.311 e. The van der Waals surface area contributed by atoms with Crippen molar-refractivity contribution in [1.29, 1.82) is 0 Å². The highest BCUT2D eigenvalue weighted by molar-refractivity contribution is 7.89. The molecule has 2 rings (SSSR count). The molecule has 0 spiro atoms. The first kappa shape index (κ1) is 16.1. The number of aryl methyl sites for hydroxylation is 2. The fourth-order valence-corrected chi connectivity index (χ4v) is 3.44. The van der Waals surface area contributed by atoms with Gasteiger partial charge in [-0.05, 0) is 44.5 Å². The Morgan fingerprint density at radius 3 is 2.43 bits per heavy atom. The molecule has 0 saturated carbocycles. The van der Waals surface area contributed by atoms with Crippen LogP contribution in [-0.4, -0.2) is 19.9 Å². The highest BCUT2D eigenvalue weighted by Crippen LogP contribution is 2.16. The smallest absolute Gasteiger partial charge is 0.238 e. The first-order chi connectivity index (χ1) is 9.86. The van der Waals surface area contributed by atoms with E-state index in [-0.39, 0.29) is 4.90 Å². The van der Waals surface area contributed by atoms with E-state index in [2.05, 4.69) is 10.3 Å². The van der Waals surface area contributed by atoms with Gasteiger partial charge in [-0.2, -0.15) is 0 Å². The van der Waals surface area contributed by atoms with Crippen molar-refractivity contribution in [3.8, 4) is 0 Å². The first-order valence-electron chi connectivity index (χ1n) is 6.61. The van der Waals surface area contributed by atoms with E-state index in [9.17, 15) is 8.42 Å². The zero-order chi connectivity index (χ0) is 15.5. The molecule has 0 fully saturated rings. The minimum atomic E-state index is -3.60. The van der Waals surface area contributed by atoms with E-state index in [1.54, 1.807) is 35.6 Å². The van der Waals surface area contributed by atoms with Crippen LogP contribution in [0.2, 0.25) is 0 Å². The summed E-state index contributed by atoms with van der Waals surface area (Å²) in [5.41, 5.74) is 2.16. The molecule has 3 N–H and O–H groups in total. The Morgan fingerprint density at radius 1 is 1.24 bits per heavy atom. The van der Waals surface area contributed by atoms with Gasteiger partial charge in [0.05, 0.1) is 15.6 Å². The van der Waals surface area contributed by atoms with Crippen LogP contribution in [-0.2, 0) is 23.0 Å². The molecule has 114 valence electrons. The van der Waals surface area contributed by atoms with Crippen molar-refractivity contribution in [3.63, 3.8) is 0 Å². The highest BCUT2D eigenvalue weighted by Gasteiger charge is 2.07. The monoisotopic (exact) mass is 325 g/mol.